The number of aliphatic hydroxyl groups is 1. The molecule has 1 N–H and O–H groups in total. The number of aromatic nitrogens is 2. The van der Waals surface area contributed by atoms with E-state index in [1.807, 2.05) is 31.4 Å². The zero-order valence-corrected chi connectivity index (χ0v) is 15.9. The van der Waals surface area contributed by atoms with Gasteiger partial charge in [0.05, 0.1) is 6.10 Å². The van der Waals surface area contributed by atoms with Gasteiger partial charge in [0, 0.05) is 51.1 Å². The lowest BCUT2D eigenvalue weighted by Gasteiger charge is -2.36. The van der Waals surface area contributed by atoms with E-state index < -0.39 is 0 Å². The van der Waals surface area contributed by atoms with Crippen molar-refractivity contribution in [2.24, 2.45) is 0 Å². The van der Waals surface area contributed by atoms with Gasteiger partial charge in [-0.15, -0.1) is 0 Å². The molecule has 0 aliphatic carbocycles. The molecule has 5 nitrogen and oxygen atoms in total. The van der Waals surface area contributed by atoms with Gasteiger partial charge in [0.2, 0.25) is 5.95 Å². The Morgan fingerprint density at radius 2 is 1.81 bits per heavy atom. The summed E-state index contributed by atoms with van der Waals surface area (Å²) in [6.45, 7) is 2.41. The highest BCUT2D eigenvalue weighted by Crippen LogP contribution is 2.31. The van der Waals surface area contributed by atoms with Crippen molar-refractivity contribution < 1.29 is 5.11 Å². The van der Waals surface area contributed by atoms with Crippen LogP contribution in [0.3, 0.4) is 0 Å². The molecule has 5 heteroatoms. The minimum Gasteiger partial charge on any atom is -0.391 e. The first-order chi connectivity index (χ1) is 13.1. The number of nitrogens with zero attached hydrogens (tertiary/aromatic N) is 4. The number of fused-ring (bicyclic) bond motifs is 1. The Morgan fingerprint density at radius 3 is 2.52 bits per heavy atom. The van der Waals surface area contributed by atoms with Gasteiger partial charge in [-0.05, 0) is 29.3 Å². The van der Waals surface area contributed by atoms with Gasteiger partial charge in [-0.25, -0.2) is 9.97 Å². The first kappa shape index (κ1) is 17.9. The second-order valence-electron chi connectivity index (χ2n) is 7.59. The number of hydrogen-bond donors (Lipinski definition) is 1. The zero-order chi connectivity index (χ0) is 18.8. The Balaban J connectivity index is 1.42. The lowest BCUT2D eigenvalue weighted by molar-refractivity contribution is 0.0476. The van der Waals surface area contributed by atoms with Crippen molar-refractivity contribution in [3.05, 3.63) is 66.0 Å². The molecule has 0 bridgehead atoms. The first-order valence-corrected chi connectivity index (χ1v) is 9.47. The maximum atomic E-state index is 10.8. The third-order valence-corrected chi connectivity index (χ3v) is 5.37. The zero-order valence-electron chi connectivity index (χ0n) is 15.9. The van der Waals surface area contributed by atoms with Crippen LogP contribution in [0, 0.1) is 0 Å². The number of rotatable bonds is 4. The average molecular weight is 362 g/mol. The van der Waals surface area contributed by atoms with Gasteiger partial charge in [-0.2, -0.15) is 0 Å². The Hall–Kier alpha value is -2.50. The summed E-state index contributed by atoms with van der Waals surface area (Å²) in [5.41, 5.74) is 2.32. The predicted molar refractivity (Wildman–Crippen MR) is 109 cm³/mol. The number of hydrogen-bond acceptors (Lipinski definition) is 5. The molecule has 1 aliphatic heterocycles. The topological polar surface area (TPSA) is 52.5 Å². The molecule has 2 aromatic carbocycles. The fraction of sp³-hybridized carbons (Fsp3) is 0.364. The van der Waals surface area contributed by atoms with Crippen molar-refractivity contribution in [1.29, 1.82) is 0 Å². The van der Waals surface area contributed by atoms with Gasteiger partial charge in [-0.3, -0.25) is 4.90 Å². The lowest BCUT2D eigenvalue weighted by Crippen LogP contribution is -2.42. The van der Waals surface area contributed by atoms with E-state index in [-0.39, 0.29) is 12.0 Å². The summed E-state index contributed by atoms with van der Waals surface area (Å²) in [7, 11) is 3.87. The monoisotopic (exact) mass is 362 g/mol. The third kappa shape index (κ3) is 3.94. The molecular weight excluding hydrogens is 336 g/mol. The van der Waals surface area contributed by atoms with Crippen molar-refractivity contribution in [2.75, 3.05) is 32.1 Å². The fourth-order valence-electron chi connectivity index (χ4n) is 3.89. The molecule has 1 fully saturated rings. The molecule has 0 radical (unpaired) electrons. The molecular formula is C22H26N4O. The van der Waals surface area contributed by atoms with E-state index in [4.69, 9.17) is 0 Å². The average Bonchev–Trinajstić information content (AvgIpc) is 2.68. The fourth-order valence-corrected chi connectivity index (χ4v) is 3.89. The van der Waals surface area contributed by atoms with Crippen LogP contribution in [0.2, 0.25) is 0 Å². The molecule has 1 aromatic heterocycles. The van der Waals surface area contributed by atoms with Crippen LogP contribution in [0.5, 0.6) is 0 Å². The van der Waals surface area contributed by atoms with Crippen LogP contribution in [-0.2, 0) is 6.54 Å². The van der Waals surface area contributed by atoms with E-state index in [2.05, 4.69) is 57.3 Å². The number of anilines is 1. The van der Waals surface area contributed by atoms with Crippen molar-refractivity contribution in [3.63, 3.8) is 0 Å². The molecule has 2 heterocycles. The Bertz CT molecular complexity index is 910. The molecule has 0 amide bonds. The van der Waals surface area contributed by atoms with Crippen LogP contribution >= 0.6 is 0 Å². The largest absolute Gasteiger partial charge is 0.391 e. The van der Waals surface area contributed by atoms with Crippen LogP contribution in [-0.4, -0.2) is 53.3 Å². The predicted octanol–water partition coefficient (Wildman–Crippen LogP) is 3.05. The first-order valence-electron chi connectivity index (χ1n) is 9.47. The Kier molecular flexibility index (Phi) is 5.05. The van der Waals surface area contributed by atoms with Crippen LogP contribution in [0.15, 0.2) is 54.9 Å². The molecule has 3 aromatic rings. The minimum atomic E-state index is -0.359. The van der Waals surface area contributed by atoms with Gasteiger partial charge < -0.3 is 10.0 Å². The van der Waals surface area contributed by atoms with E-state index in [0.29, 0.717) is 12.5 Å². The van der Waals surface area contributed by atoms with Crippen molar-refractivity contribution in [2.45, 2.75) is 25.0 Å². The van der Waals surface area contributed by atoms with Crippen molar-refractivity contribution in [1.82, 2.24) is 14.9 Å². The molecule has 1 saturated heterocycles. The molecule has 140 valence electrons. The maximum Gasteiger partial charge on any atom is 0.224 e. The minimum absolute atomic E-state index is 0.193. The van der Waals surface area contributed by atoms with Gasteiger partial charge in [0.1, 0.15) is 0 Å². The summed E-state index contributed by atoms with van der Waals surface area (Å²) in [6, 6.07) is 14.9. The molecule has 0 unspecified atom stereocenters. The van der Waals surface area contributed by atoms with Crippen LogP contribution in [0.1, 0.15) is 23.5 Å². The smallest absolute Gasteiger partial charge is 0.224 e. The van der Waals surface area contributed by atoms with E-state index in [1.54, 1.807) is 0 Å². The van der Waals surface area contributed by atoms with E-state index in [9.17, 15) is 5.11 Å². The molecule has 4 rings (SSSR count). The molecule has 27 heavy (non-hydrogen) atoms. The Morgan fingerprint density at radius 1 is 1.07 bits per heavy atom. The number of benzene rings is 2. The number of aliphatic hydroxyl groups excluding tert-OH is 1. The van der Waals surface area contributed by atoms with Gasteiger partial charge in [0.15, 0.2) is 0 Å². The Labute approximate surface area is 160 Å². The number of β-amino-alcohol motifs (C(OH)–C–C–N with tert-alkyl or cyclic N) is 1. The number of piperidine rings is 1. The molecule has 0 spiro atoms. The van der Waals surface area contributed by atoms with Gasteiger partial charge in [-0.1, -0.05) is 42.5 Å². The number of likely N-dealkylation sites (tertiary alicyclic amines) is 1. The van der Waals surface area contributed by atoms with Crippen LogP contribution in [0.25, 0.3) is 10.8 Å². The van der Waals surface area contributed by atoms with Crippen molar-refractivity contribution >= 4 is 16.7 Å². The molecule has 1 aliphatic rings. The van der Waals surface area contributed by atoms with Crippen LogP contribution in [0.4, 0.5) is 5.95 Å². The normalized spacial score (nSPS) is 20.7. The highest BCUT2D eigenvalue weighted by atomic mass is 16.3. The quantitative estimate of drug-likeness (QED) is 0.773. The summed E-state index contributed by atoms with van der Waals surface area (Å²) in [4.78, 5) is 12.9. The summed E-state index contributed by atoms with van der Waals surface area (Å²) in [5, 5.41) is 13.3. The summed E-state index contributed by atoms with van der Waals surface area (Å²) in [5.74, 6) is 0.909. The summed E-state index contributed by atoms with van der Waals surface area (Å²) in [6.07, 6.45) is 4.35. The van der Waals surface area contributed by atoms with Gasteiger partial charge >= 0.3 is 0 Å². The standard InChI is InChI=1S/C22H26N4O/c1-25(2)22-23-12-16(13-24-22)14-26-10-9-20(21(27)15-26)19-8-7-17-5-3-4-6-18(17)11-19/h3-8,11-13,20-21,27H,9-10,14-15H2,1-2H3/t20-,21+/m1/s1. The highest BCUT2D eigenvalue weighted by Gasteiger charge is 2.29. The maximum absolute atomic E-state index is 10.8. The highest BCUT2D eigenvalue weighted by molar-refractivity contribution is 5.83. The SMILES string of the molecule is CN(C)c1ncc(CN2CC[C@H](c3ccc4ccccc4c3)[C@@H](O)C2)cn1. The van der Waals surface area contributed by atoms with E-state index in [0.717, 1.165) is 25.1 Å². The van der Waals surface area contributed by atoms with Crippen molar-refractivity contribution in [3.8, 4) is 0 Å². The summed E-state index contributed by atoms with van der Waals surface area (Å²) < 4.78 is 0. The van der Waals surface area contributed by atoms with Crippen LogP contribution < -0.4 is 4.90 Å². The third-order valence-electron chi connectivity index (χ3n) is 5.37. The lowest BCUT2D eigenvalue weighted by atomic mass is 9.86. The second-order valence-corrected chi connectivity index (χ2v) is 7.59. The summed E-state index contributed by atoms with van der Waals surface area (Å²) >= 11 is 0. The van der Waals surface area contributed by atoms with E-state index in [1.165, 1.54) is 16.3 Å². The van der Waals surface area contributed by atoms with Gasteiger partial charge in [0.25, 0.3) is 0 Å². The second kappa shape index (κ2) is 7.62. The van der Waals surface area contributed by atoms with E-state index >= 15 is 0 Å². The molecule has 0 saturated carbocycles. The molecule has 2 atom stereocenters.